The maximum Gasteiger partial charge on any atom is 0.414 e. The molecule has 1 saturated carbocycles. The highest BCUT2D eigenvalue weighted by Crippen LogP contribution is 2.30. The van der Waals surface area contributed by atoms with Crippen molar-refractivity contribution in [3.63, 3.8) is 0 Å². The molecule has 8 heteroatoms. The number of aryl methyl sites for hydroxylation is 1. The molecule has 30 heavy (non-hydrogen) atoms. The molecular weight excluding hydrogens is 386 g/mol. The molecule has 1 fully saturated rings. The fourth-order valence-corrected chi connectivity index (χ4v) is 4.07. The van der Waals surface area contributed by atoms with Gasteiger partial charge in [-0.15, -0.1) is 0 Å². The second-order valence-corrected chi connectivity index (χ2v) is 7.89. The van der Waals surface area contributed by atoms with E-state index in [1.54, 1.807) is 0 Å². The number of carboxylic acid groups (broad SMARTS) is 2. The molecule has 2 atom stereocenters. The van der Waals surface area contributed by atoms with Crippen molar-refractivity contribution in [2.45, 2.75) is 75.9 Å². The van der Waals surface area contributed by atoms with Crippen molar-refractivity contribution in [1.82, 2.24) is 10.6 Å². The molecule has 1 aromatic rings. The van der Waals surface area contributed by atoms with Crippen molar-refractivity contribution in [3.8, 4) is 6.07 Å². The van der Waals surface area contributed by atoms with Crippen LogP contribution in [0.15, 0.2) is 24.3 Å². The van der Waals surface area contributed by atoms with Crippen LogP contribution < -0.4 is 10.6 Å². The van der Waals surface area contributed by atoms with E-state index in [-0.39, 0.29) is 18.0 Å². The van der Waals surface area contributed by atoms with Crippen LogP contribution in [-0.2, 0) is 20.8 Å². The van der Waals surface area contributed by atoms with Gasteiger partial charge in [-0.3, -0.25) is 10.1 Å². The molecule has 0 heterocycles. The van der Waals surface area contributed by atoms with Gasteiger partial charge in [0.25, 0.3) is 0 Å². The molecule has 2 aliphatic rings. The zero-order valence-electron chi connectivity index (χ0n) is 17.2. The van der Waals surface area contributed by atoms with Gasteiger partial charge in [0.2, 0.25) is 5.91 Å². The first-order chi connectivity index (χ1) is 14.3. The van der Waals surface area contributed by atoms with Gasteiger partial charge in [0.1, 0.15) is 5.54 Å². The number of nitrogens with one attached hydrogen (secondary N) is 2. The zero-order valence-corrected chi connectivity index (χ0v) is 17.2. The number of hydrogen-bond acceptors (Lipinski definition) is 5. The van der Waals surface area contributed by atoms with E-state index in [4.69, 9.17) is 19.8 Å². The summed E-state index contributed by atoms with van der Waals surface area (Å²) in [7, 11) is 0. The Bertz CT molecular complexity index is 799. The van der Waals surface area contributed by atoms with Crippen molar-refractivity contribution in [1.29, 1.82) is 5.26 Å². The van der Waals surface area contributed by atoms with Crippen LogP contribution >= 0.6 is 0 Å². The Morgan fingerprint density at radius 3 is 2.33 bits per heavy atom. The van der Waals surface area contributed by atoms with Crippen LogP contribution in [-0.4, -0.2) is 39.6 Å². The van der Waals surface area contributed by atoms with Gasteiger partial charge < -0.3 is 15.5 Å². The molecule has 2 unspecified atom stereocenters. The lowest BCUT2D eigenvalue weighted by Crippen LogP contribution is -2.54. The third-order valence-corrected chi connectivity index (χ3v) is 5.68. The van der Waals surface area contributed by atoms with Gasteiger partial charge in [0.05, 0.1) is 12.1 Å². The monoisotopic (exact) mass is 415 g/mol. The van der Waals surface area contributed by atoms with Gasteiger partial charge in [0, 0.05) is 6.04 Å². The third-order valence-electron chi connectivity index (χ3n) is 5.68. The summed E-state index contributed by atoms with van der Waals surface area (Å²) in [5.41, 5.74) is 2.04. The SMILES string of the molecule is CC(NC1CCCc2ccccc21)C(=O)NC1(C#N)CCCCC1.O=C(O)C(=O)O. The first-order valence-corrected chi connectivity index (χ1v) is 10.3. The van der Waals surface area contributed by atoms with E-state index in [0.29, 0.717) is 0 Å². The number of nitriles is 1. The number of carbonyl (C=O) groups is 3. The summed E-state index contributed by atoms with van der Waals surface area (Å²) in [6.45, 7) is 1.90. The third kappa shape index (κ3) is 6.29. The van der Waals surface area contributed by atoms with E-state index in [0.717, 1.165) is 51.4 Å². The normalized spacial score (nSPS) is 20.3. The van der Waals surface area contributed by atoms with E-state index in [9.17, 15) is 10.1 Å². The zero-order chi connectivity index (χ0) is 22.1. The first kappa shape index (κ1) is 23.4. The van der Waals surface area contributed by atoms with Crippen LogP contribution in [0.5, 0.6) is 0 Å². The highest BCUT2D eigenvalue weighted by Gasteiger charge is 2.35. The summed E-state index contributed by atoms with van der Waals surface area (Å²) in [6, 6.07) is 10.8. The molecule has 0 bridgehead atoms. The average molecular weight is 415 g/mol. The van der Waals surface area contributed by atoms with Crippen molar-refractivity contribution in [2.75, 3.05) is 0 Å². The molecule has 0 spiro atoms. The molecule has 0 aliphatic heterocycles. The predicted octanol–water partition coefficient (Wildman–Crippen LogP) is 2.54. The number of benzene rings is 1. The van der Waals surface area contributed by atoms with Gasteiger partial charge >= 0.3 is 11.9 Å². The predicted molar refractivity (Wildman–Crippen MR) is 110 cm³/mol. The van der Waals surface area contributed by atoms with Gasteiger partial charge in [-0.1, -0.05) is 43.5 Å². The molecule has 1 aromatic carbocycles. The van der Waals surface area contributed by atoms with E-state index in [1.807, 2.05) is 6.92 Å². The summed E-state index contributed by atoms with van der Waals surface area (Å²) in [5, 5.41) is 30.8. The molecular formula is C22H29N3O5. The summed E-state index contributed by atoms with van der Waals surface area (Å²) < 4.78 is 0. The number of fused-ring (bicyclic) bond motifs is 1. The van der Waals surface area contributed by atoms with Gasteiger partial charge in [0.15, 0.2) is 0 Å². The second kappa shape index (κ2) is 10.7. The van der Waals surface area contributed by atoms with Gasteiger partial charge in [-0.05, 0) is 50.2 Å². The Morgan fingerprint density at radius 1 is 1.10 bits per heavy atom. The minimum Gasteiger partial charge on any atom is -0.473 e. The lowest BCUT2D eigenvalue weighted by atomic mass is 9.82. The molecule has 2 aliphatic carbocycles. The smallest absolute Gasteiger partial charge is 0.414 e. The summed E-state index contributed by atoms with van der Waals surface area (Å²) in [5.74, 6) is -3.70. The molecule has 8 nitrogen and oxygen atoms in total. The van der Waals surface area contributed by atoms with E-state index >= 15 is 0 Å². The number of amides is 1. The Morgan fingerprint density at radius 2 is 1.73 bits per heavy atom. The van der Waals surface area contributed by atoms with Crippen molar-refractivity contribution in [3.05, 3.63) is 35.4 Å². The number of carbonyl (C=O) groups excluding carboxylic acids is 1. The Hall–Kier alpha value is -2.92. The molecule has 0 saturated heterocycles. The topological polar surface area (TPSA) is 140 Å². The van der Waals surface area contributed by atoms with E-state index in [2.05, 4.69) is 41.0 Å². The summed E-state index contributed by atoms with van der Waals surface area (Å²) in [6.07, 6.45) is 8.06. The Balaban J connectivity index is 0.000000469. The lowest BCUT2D eigenvalue weighted by Gasteiger charge is -2.34. The molecule has 0 radical (unpaired) electrons. The maximum absolute atomic E-state index is 12.6. The van der Waals surface area contributed by atoms with Gasteiger partial charge in [-0.25, -0.2) is 9.59 Å². The highest BCUT2D eigenvalue weighted by atomic mass is 16.4. The quantitative estimate of drug-likeness (QED) is 0.554. The second-order valence-electron chi connectivity index (χ2n) is 7.89. The molecule has 0 aromatic heterocycles. The largest absolute Gasteiger partial charge is 0.473 e. The number of nitrogens with zero attached hydrogens (tertiary/aromatic N) is 1. The van der Waals surface area contributed by atoms with Crippen molar-refractivity contribution < 1.29 is 24.6 Å². The Labute approximate surface area is 176 Å². The first-order valence-electron chi connectivity index (χ1n) is 10.3. The van der Waals surface area contributed by atoms with Crippen LogP contribution in [0.3, 0.4) is 0 Å². The number of carboxylic acids is 2. The number of hydrogen-bond donors (Lipinski definition) is 4. The van der Waals surface area contributed by atoms with Crippen LogP contribution in [0.4, 0.5) is 0 Å². The van der Waals surface area contributed by atoms with E-state index < -0.39 is 17.5 Å². The standard InChI is InChI=1S/C20H27N3O.C2H2O4/c1-15(19(24)23-20(14-21)12-5-2-6-13-20)22-18-11-7-9-16-8-3-4-10-17(16)18;3-1(4)2(5)6/h3-4,8,10,15,18,22H,2,5-7,9,11-13H2,1H3,(H,23,24);(H,3,4)(H,5,6). The van der Waals surface area contributed by atoms with Gasteiger partial charge in [-0.2, -0.15) is 5.26 Å². The number of rotatable bonds is 4. The fourth-order valence-electron chi connectivity index (χ4n) is 4.07. The molecule has 4 N–H and O–H groups in total. The summed E-state index contributed by atoms with van der Waals surface area (Å²) in [4.78, 5) is 30.8. The van der Waals surface area contributed by atoms with Crippen molar-refractivity contribution in [2.24, 2.45) is 0 Å². The van der Waals surface area contributed by atoms with Crippen molar-refractivity contribution >= 4 is 17.8 Å². The number of aliphatic carboxylic acids is 2. The molecule has 162 valence electrons. The highest BCUT2D eigenvalue weighted by molar-refractivity contribution is 6.27. The van der Waals surface area contributed by atoms with Crippen LogP contribution in [0, 0.1) is 11.3 Å². The minimum absolute atomic E-state index is 0.0542. The molecule has 1 amide bonds. The van der Waals surface area contributed by atoms with E-state index in [1.165, 1.54) is 11.1 Å². The fraction of sp³-hybridized carbons (Fsp3) is 0.545. The van der Waals surface area contributed by atoms with Crippen LogP contribution in [0.25, 0.3) is 0 Å². The summed E-state index contributed by atoms with van der Waals surface area (Å²) >= 11 is 0. The molecule has 3 rings (SSSR count). The minimum atomic E-state index is -1.82. The average Bonchev–Trinajstić information content (AvgIpc) is 2.75. The Kier molecular flexibility index (Phi) is 8.36. The van der Waals surface area contributed by atoms with Crippen LogP contribution in [0.1, 0.15) is 69.0 Å². The maximum atomic E-state index is 12.6. The van der Waals surface area contributed by atoms with Crippen LogP contribution in [0.2, 0.25) is 0 Å². The lowest BCUT2D eigenvalue weighted by molar-refractivity contribution is -0.159.